The third kappa shape index (κ3) is 8.05. The molecule has 7 nitrogen and oxygen atoms in total. The first-order chi connectivity index (χ1) is 11.7. The number of carbonyl (C=O) groups is 2. The van der Waals surface area contributed by atoms with Gasteiger partial charge in [0.2, 0.25) is 0 Å². The van der Waals surface area contributed by atoms with E-state index in [0.29, 0.717) is 32.5 Å². The summed E-state index contributed by atoms with van der Waals surface area (Å²) in [6, 6.07) is 0. The fourth-order valence-corrected chi connectivity index (χ4v) is 2.46. The second kappa shape index (κ2) is 9.97. The summed E-state index contributed by atoms with van der Waals surface area (Å²) in [7, 11) is 0. The van der Waals surface area contributed by atoms with Gasteiger partial charge in [0.25, 0.3) is 0 Å². The van der Waals surface area contributed by atoms with Crippen LogP contribution in [0.5, 0.6) is 0 Å². The zero-order chi connectivity index (χ0) is 18.9. The number of hydrogen-bond acceptors (Lipinski definition) is 6. The number of rotatable bonds is 2. The van der Waals surface area contributed by atoms with Crippen LogP contribution in [0.4, 0.5) is 4.79 Å². The third-order valence-electron chi connectivity index (χ3n) is 4.03. The van der Waals surface area contributed by atoms with Crippen molar-refractivity contribution in [3.8, 4) is 0 Å². The molecule has 2 rings (SSSR count). The van der Waals surface area contributed by atoms with Crippen molar-refractivity contribution >= 4 is 12.1 Å². The van der Waals surface area contributed by atoms with Crippen molar-refractivity contribution in [2.75, 3.05) is 46.1 Å². The van der Waals surface area contributed by atoms with Crippen LogP contribution >= 0.6 is 0 Å². The van der Waals surface area contributed by atoms with Crippen molar-refractivity contribution < 1.29 is 28.5 Å². The van der Waals surface area contributed by atoms with Crippen molar-refractivity contribution in [2.45, 2.75) is 53.1 Å². The highest BCUT2D eigenvalue weighted by Gasteiger charge is 2.40. The van der Waals surface area contributed by atoms with Gasteiger partial charge >= 0.3 is 12.1 Å². The molecular weight excluding hydrogens is 326 g/mol. The van der Waals surface area contributed by atoms with E-state index in [2.05, 4.69) is 0 Å². The summed E-state index contributed by atoms with van der Waals surface area (Å²) in [5, 5.41) is 0. The quantitative estimate of drug-likeness (QED) is 0.706. The molecule has 0 atom stereocenters. The standard InChI is InChI=1S/C14H25NO4.C4H8O2/c1-6-18-11(16)14(5)7-9-15(10-8-14)12(17)19-13(2,3)4;1-2-6-4-3-5-1/h6-10H2,1-5H3;1-4H2. The summed E-state index contributed by atoms with van der Waals surface area (Å²) in [5.74, 6) is -0.168. The van der Waals surface area contributed by atoms with Gasteiger partial charge in [0.15, 0.2) is 0 Å². The zero-order valence-electron chi connectivity index (χ0n) is 16.3. The summed E-state index contributed by atoms with van der Waals surface area (Å²) >= 11 is 0. The van der Waals surface area contributed by atoms with Crippen molar-refractivity contribution in [2.24, 2.45) is 5.41 Å². The van der Waals surface area contributed by atoms with Crippen LogP contribution in [-0.4, -0.2) is 68.7 Å². The summed E-state index contributed by atoms with van der Waals surface area (Å²) in [6.07, 6.45) is 0.925. The molecule has 0 N–H and O–H groups in total. The Hall–Kier alpha value is -1.34. The number of ether oxygens (including phenoxy) is 4. The minimum atomic E-state index is -0.487. The van der Waals surface area contributed by atoms with Gasteiger partial charge in [0, 0.05) is 13.1 Å². The van der Waals surface area contributed by atoms with Gasteiger partial charge in [-0.05, 0) is 47.5 Å². The van der Waals surface area contributed by atoms with Crippen molar-refractivity contribution in [3.05, 3.63) is 0 Å². The highest BCUT2D eigenvalue weighted by atomic mass is 16.6. The molecule has 0 bridgehead atoms. The first-order valence-corrected chi connectivity index (χ1v) is 8.98. The second-order valence-electron chi connectivity index (χ2n) is 7.47. The molecule has 2 aliphatic heterocycles. The summed E-state index contributed by atoms with van der Waals surface area (Å²) in [5.41, 5.74) is -0.965. The molecule has 0 aromatic heterocycles. The predicted molar refractivity (Wildman–Crippen MR) is 93.4 cm³/mol. The molecular formula is C18H33NO6. The monoisotopic (exact) mass is 359 g/mol. The number of nitrogens with zero attached hydrogens (tertiary/aromatic N) is 1. The maximum atomic E-state index is 11.9. The second-order valence-corrected chi connectivity index (χ2v) is 7.47. The summed E-state index contributed by atoms with van der Waals surface area (Å²) < 4.78 is 20.3. The molecule has 0 aliphatic carbocycles. The summed E-state index contributed by atoms with van der Waals surface area (Å²) in [4.78, 5) is 25.4. The number of carbonyl (C=O) groups excluding carboxylic acids is 2. The summed E-state index contributed by atoms with van der Waals surface area (Å²) in [6.45, 7) is 13.8. The van der Waals surface area contributed by atoms with Gasteiger partial charge in [-0.25, -0.2) is 4.79 Å². The van der Waals surface area contributed by atoms with Crippen molar-refractivity contribution in [1.82, 2.24) is 4.90 Å². The molecule has 2 heterocycles. The molecule has 0 saturated carbocycles. The number of esters is 1. The van der Waals surface area contributed by atoms with Gasteiger partial charge in [-0.1, -0.05) is 0 Å². The van der Waals surface area contributed by atoms with Crippen molar-refractivity contribution in [3.63, 3.8) is 0 Å². The predicted octanol–water partition coefficient (Wildman–Crippen LogP) is 2.62. The molecule has 7 heteroatoms. The normalized spacial score (nSPS) is 20.1. The first-order valence-electron chi connectivity index (χ1n) is 8.98. The van der Waals surface area contributed by atoms with Crippen LogP contribution in [0.3, 0.4) is 0 Å². The van der Waals surface area contributed by atoms with Gasteiger partial charge in [-0.2, -0.15) is 0 Å². The van der Waals surface area contributed by atoms with Crippen LogP contribution in [0, 0.1) is 5.41 Å². The Morgan fingerprint density at radius 2 is 1.52 bits per heavy atom. The lowest BCUT2D eigenvalue weighted by molar-refractivity contribution is -0.157. The molecule has 1 amide bonds. The van der Waals surface area contributed by atoms with Gasteiger partial charge < -0.3 is 23.8 Å². The SMILES string of the molecule is C1COCCO1.CCOC(=O)C1(C)CCN(C(=O)OC(C)(C)C)CC1. The minimum Gasteiger partial charge on any atom is -0.466 e. The molecule has 0 radical (unpaired) electrons. The third-order valence-corrected chi connectivity index (χ3v) is 4.03. The fraction of sp³-hybridized carbons (Fsp3) is 0.889. The molecule has 0 aromatic rings. The fourth-order valence-electron chi connectivity index (χ4n) is 2.46. The molecule has 2 fully saturated rings. The van der Waals surface area contributed by atoms with Crippen LogP contribution < -0.4 is 0 Å². The van der Waals surface area contributed by atoms with Crippen LogP contribution in [0.25, 0.3) is 0 Å². The van der Waals surface area contributed by atoms with Crippen LogP contribution in [0.1, 0.15) is 47.5 Å². The van der Waals surface area contributed by atoms with Crippen LogP contribution in [0.2, 0.25) is 0 Å². The Balaban J connectivity index is 0.000000435. The van der Waals surface area contributed by atoms with E-state index in [9.17, 15) is 9.59 Å². The van der Waals surface area contributed by atoms with E-state index in [-0.39, 0.29) is 12.1 Å². The molecule has 0 spiro atoms. The Morgan fingerprint density at radius 1 is 1.04 bits per heavy atom. The molecule has 0 unspecified atom stereocenters. The van der Waals surface area contributed by atoms with E-state index >= 15 is 0 Å². The average Bonchev–Trinajstić information content (AvgIpc) is 2.56. The average molecular weight is 359 g/mol. The van der Waals surface area contributed by atoms with Gasteiger partial charge in [-0.15, -0.1) is 0 Å². The first kappa shape index (κ1) is 21.7. The van der Waals surface area contributed by atoms with E-state index in [1.807, 2.05) is 27.7 Å². The van der Waals surface area contributed by atoms with E-state index in [1.54, 1.807) is 11.8 Å². The Bertz CT molecular complexity index is 408. The Labute approximate surface area is 150 Å². The maximum Gasteiger partial charge on any atom is 0.410 e. The molecule has 2 aliphatic rings. The lowest BCUT2D eigenvalue weighted by atomic mass is 9.80. The lowest BCUT2D eigenvalue weighted by Crippen LogP contribution is -2.47. The van der Waals surface area contributed by atoms with Gasteiger partial charge in [0.05, 0.1) is 38.4 Å². The number of amides is 1. The number of likely N-dealkylation sites (tertiary alicyclic amines) is 1. The highest BCUT2D eigenvalue weighted by Crippen LogP contribution is 2.32. The number of piperidine rings is 1. The van der Waals surface area contributed by atoms with E-state index in [4.69, 9.17) is 18.9 Å². The molecule has 0 aromatic carbocycles. The van der Waals surface area contributed by atoms with Crippen LogP contribution in [-0.2, 0) is 23.7 Å². The van der Waals surface area contributed by atoms with E-state index in [0.717, 1.165) is 26.4 Å². The van der Waals surface area contributed by atoms with Gasteiger partial charge in [0.1, 0.15) is 5.60 Å². The zero-order valence-corrected chi connectivity index (χ0v) is 16.3. The smallest absolute Gasteiger partial charge is 0.410 e. The van der Waals surface area contributed by atoms with Crippen molar-refractivity contribution in [1.29, 1.82) is 0 Å². The number of hydrogen-bond donors (Lipinski definition) is 0. The topological polar surface area (TPSA) is 74.3 Å². The van der Waals surface area contributed by atoms with E-state index in [1.165, 1.54) is 0 Å². The Morgan fingerprint density at radius 3 is 1.88 bits per heavy atom. The Kier molecular flexibility index (Phi) is 8.65. The maximum absolute atomic E-state index is 11.9. The van der Waals surface area contributed by atoms with Crippen LogP contribution in [0.15, 0.2) is 0 Å². The lowest BCUT2D eigenvalue weighted by Gasteiger charge is -2.37. The minimum absolute atomic E-state index is 0.168. The van der Waals surface area contributed by atoms with Gasteiger partial charge in [-0.3, -0.25) is 4.79 Å². The largest absolute Gasteiger partial charge is 0.466 e. The van der Waals surface area contributed by atoms with E-state index < -0.39 is 11.0 Å². The highest BCUT2D eigenvalue weighted by molar-refractivity contribution is 5.77. The molecule has 146 valence electrons. The molecule has 2 saturated heterocycles. The molecule has 25 heavy (non-hydrogen) atoms.